The van der Waals surface area contributed by atoms with Crippen molar-refractivity contribution in [1.82, 2.24) is 9.19 Å². The minimum Gasteiger partial charge on any atom is -0.199 e. The summed E-state index contributed by atoms with van der Waals surface area (Å²) >= 11 is 11.9. The van der Waals surface area contributed by atoms with E-state index in [1.807, 2.05) is 0 Å². The third-order valence-electron chi connectivity index (χ3n) is 2.51. The van der Waals surface area contributed by atoms with Gasteiger partial charge in [-0.15, -0.1) is 0 Å². The highest BCUT2D eigenvalue weighted by Gasteiger charge is 2.22. The van der Waals surface area contributed by atoms with Crippen LogP contribution < -0.4 is 0 Å². The minimum absolute atomic E-state index is 0.00540. The molecular formula is C11H10Cl2N2O2S. The zero-order valence-corrected chi connectivity index (χ0v) is 12.0. The van der Waals surface area contributed by atoms with Crippen LogP contribution in [0.3, 0.4) is 0 Å². The summed E-state index contributed by atoms with van der Waals surface area (Å²) in [5, 5.41) is 4.44. The van der Waals surface area contributed by atoms with Crippen LogP contribution in [0.15, 0.2) is 29.3 Å². The number of aromatic nitrogens is 2. The van der Waals surface area contributed by atoms with Gasteiger partial charge >= 0.3 is 0 Å². The van der Waals surface area contributed by atoms with Gasteiger partial charge in [-0.1, -0.05) is 23.2 Å². The topological polar surface area (TPSA) is 52.0 Å². The fraction of sp³-hybridized carbons (Fsp3) is 0.182. The SMILES string of the molecule is Cc1ccn(S(=O)(=O)c2ccc(Cl)c(C)c2Cl)n1. The first-order chi connectivity index (χ1) is 8.34. The molecule has 0 aliphatic heterocycles. The highest BCUT2D eigenvalue weighted by Crippen LogP contribution is 2.31. The average molecular weight is 305 g/mol. The van der Waals surface area contributed by atoms with E-state index in [0.29, 0.717) is 16.3 Å². The minimum atomic E-state index is -3.77. The lowest BCUT2D eigenvalue weighted by atomic mass is 10.2. The van der Waals surface area contributed by atoms with Crippen LogP contribution in [0.2, 0.25) is 10.0 Å². The molecule has 0 radical (unpaired) electrons. The van der Waals surface area contributed by atoms with Crippen LogP contribution in [0.25, 0.3) is 0 Å². The Morgan fingerprint density at radius 2 is 1.83 bits per heavy atom. The Morgan fingerprint density at radius 1 is 1.17 bits per heavy atom. The van der Waals surface area contributed by atoms with E-state index in [9.17, 15) is 8.42 Å². The molecule has 0 N–H and O–H groups in total. The third kappa shape index (κ3) is 2.13. The van der Waals surface area contributed by atoms with Crippen LogP contribution in [0.1, 0.15) is 11.3 Å². The van der Waals surface area contributed by atoms with Gasteiger partial charge in [-0.25, -0.2) is 0 Å². The number of hydrogen-bond donors (Lipinski definition) is 0. The smallest absolute Gasteiger partial charge is 0.199 e. The van der Waals surface area contributed by atoms with Crippen molar-refractivity contribution >= 4 is 33.2 Å². The van der Waals surface area contributed by atoms with Gasteiger partial charge in [-0.3, -0.25) is 0 Å². The lowest BCUT2D eigenvalue weighted by Crippen LogP contribution is -2.14. The Labute approximate surface area is 115 Å². The van der Waals surface area contributed by atoms with Gasteiger partial charge < -0.3 is 0 Å². The normalized spacial score (nSPS) is 11.8. The number of rotatable bonds is 2. The quantitative estimate of drug-likeness (QED) is 0.857. The van der Waals surface area contributed by atoms with Crippen LogP contribution in [0.5, 0.6) is 0 Å². The predicted octanol–water partition coefficient (Wildman–Crippen LogP) is 3.04. The van der Waals surface area contributed by atoms with E-state index >= 15 is 0 Å². The summed E-state index contributed by atoms with van der Waals surface area (Å²) in [7, 11) is -3.77. The van der Waals surface area contributed by atoms with E-state index in [2.05, 4.69) is 5.10 Å². The molecule has 2 aromatic rings. The Balaban J connectivity index is 2.66. The summed E-state index contributed by atoms with van der Waals surface area (Å²) < 4.78 is 25.5. The average Bonchev–Trinajstić information content (AvgIpc) is 2.73. The largest absolute Gasteiger partial charge is 0.284 e. The van der Waals surface area contributed by atoms with E-state index in [4.69, 9.17) is 23.2 Å². The summed E-state index contributed by atoms with van der Waals surface area (Å²) in [5.74, 6) is 0. The Hall–Kier alpha value is -1.04. The van der Waals surface area contributed by atoms with Gasteiger partial charge in [0.05, 0.1) is 10.7 Å². The molecule has 0 fully saturated rings. The first kappa shape index (κ1) is 13.4. The van der Waals surface area contributed by atoms with E-state index in [1.54, 1.807) is 19.9 Å². The predicted molar refractivity (Wildman–Crippen MR) is 70.7 cm³/mol. The van der Waals surface area contributed by atoms with Gasteiger partial charge in [0.15, 0.2) is 0 Å². The summed E-state index contributed by atoms with van der Waals surface area (Å²) in [6, 6.07) is 4.49. The van der Waals surface area contributed by atoms with Crippen LogP contribution in [0.4, 0.5) is 0 Å². The molecule has 0 saturated carbocycles. The number of hydrogen-bond acceptors (Lipinski definition) is 3. The van der Waals surface area contributed by atoms with Crippen molar-refractivity contribution in [1.29, 1.82) is 0 Å². The second-order valence-electron chi connectivity index (χ2n) is 3.82. The summed E-state index contributed by atoms with van der Waals surface area (Å²) in [5.41, 5.74) is 1.14. The zero-order chi connectivity index (χ0) is 13.5. The van der Waals surface area contributed by atoms with E-state index in [-0.39, 0.29) is 9.92 Å². The van der Waals surface area contributed by atoms with Crippen molar-refractivity contribution < 1.29 is 8.42 Å². The molecule has 1 aromatic heterocycles. The van der Waals surface area contributed by atoms with Gasteiger partial charge in [0.25, 0.3) is 10.0 Å². The molecule has 1 heterocycles. The van der Waals surface area contributed by atoms with Gasteiger partial charge in [0.2, 0.25) is 0 Å². The molecule has 18 heavy (non-hydrogen) atoms. The molecule has 0 aliphatic carbocycles. The number of halogens is 2. The van der Waals surface area contributed by atoms with Crippen LogP contribution >= 0.6 is 23.2 Å². The van der Waals surface area contributed by atoms with E-state index in [1.165, 1.54) is 18.3 Å². The van der Waals surface area contributed by atoms with Crippen LogP contribution in [-0.2, 0) is 10.0 Å². The van der Waals surface area contributed by atoms with Crippen LogP contribution in [-0.4, -0.2) is 17.6 Å². The van der Waals surface area contributed by atoms with E-state index < -0.39 is 10.0 Å². The molecule has 0 spiro atoms. The Kier molecular flexibility index (Phi) is 3.40. The fourth-order valence-electron chi connectivity index (χ4n) is 1.46. The zero-order valence-electron chi connectivity index (χ0n) is 9.68. The van der Waals surface area contributed by atoms with E-state index in [0.717, 1.165) is 4.09 Å². The summed E-state index contributed by atoms with van der Waals surface area (Å²) in [4.78, 5) is -0.00540. The molecular weight excluding hydrogens is 295 g/mol. The highest BCUT2D eigenvalue weighted by atomic mass is 35.5. The Bertz CT molecular complexity index is 708. The monoisotopic (exact) mass is 304 g/mol. The molecule has 0 atom stereocenters. The van der Waals surface area contributed by atoms with Crippen molar-refractivity contribution in [2.75, 3.05) is 0 Å². The van der Waals surface area contributed by atoms with Gasteiger partial charge in [0.1, 0.15) is 4.90 Å². The lowest BCUT2D eigenvalue weighted by molar-refractivity contribution is 0.579. The molecule has 4 nitrogen and oxygen atoms in total. The van der Waals surface area contributed by atoms with Crippen LogP contribution in [0, 0.1) is 13.8 Å². The van der Waals surface area contributed by atoms with Crippen molar-refractivity contribution in [3.63, 3.8) is 0 Å². The van der Waals surface area contributed by atoms with Gasteiger partial charge in [0, 0.05) is 11.2 Å². The number of aryl methyl sites for hydroxylation is 1. The molecule has 2 rings (SSSR count). The van der Waals surface area contributed by atoms with Gasteiger partial charge in [-0.05, 0) is 37.6 Å². The molecule has 96 valence electrons. The van der Waals surface area contributed by atoms with Gasteiger partial charge in [-0.2, -0.15) is 17.6 Å². The highest BCUT2D eigenvalue weighted by molar-refractivity contribution is 7.90. The molecule has 0 bridgehead atoms. The standard InChI is InChI=1S/C11H10Cl2N2O2S/c1-7-5-6-15(14-7)18(16,17)10-4-3-9(12)8(2)11(10)13/h3-6H,1-2H3. The number of benzene rings is 1. The molecule has 0 aliphatic rings. The third-order valence-corrected chi connectivity index (χ3v) is 5.11. The molecule has 0 saturated heterocycles. The van der Waals surface area contributed by atoms with Crippen molar-refractivity contribution in [3.05, 3.63) is 45.7 Å². The molecule has 0 amide bonds. The number of nitrogens with zero attached hydrogens (tertiary/aromatic N) is 2. The first-order valence-corrected chi connectivity index (χ1v) is 7.26. The maximum absolute atomic E-state index is 12.3. The first-order valence-electron chi connectivity index (χ1n) is 5.06. The summed E-state index contributed by atoms with van der Waals surface area (Å²) in [6.07, 6.45) is 1.38. The maximum atomic E-state index is 12.3. The molecule has 0 unspecified atom stereocenters. The maximum Gasteiger partial charge on any atom is 0.284 e. The van der Waals surface area contributed by atoms with Crippen molar-refractivity contribution in [2.45, 2.75) is 18.7 Å². The molecule has 1 aromatic carbocycles. The summed E-state index contributed by atoms with van der Waals surface area (Å²) in [6.45, 7) is 3.37. The second kappa shape index (κ2) is 4.57. The lowest BCUT2D eigenvalue weighted by Gasteiger charge is -2.09. The molecule has 7 heteroatoms. The fourth-order valence-corrected chi connectivity index (χ4v) is 3.41. The van der Waals surface area contributed by atoms with Crippen molar-refractivity contribution in [3.8, 4) is 0 Å². The van der Waals surface area contributed by atoms with Crippen molar-refractivity contribution in [2.24, 2.45) is 0 Å². The Morgan fingerprint density at radius 3 is 2.39 bits per heavy atom. The second-order valence-corrected chi connectivity index (χ2v) is 6.37.